The monoisotopic (exact) mass is 274 g/mol. The lowest BCUT2D eigenvalue weighted by atomic mass is 9.98. The Kier molecular flexibility index (Phi) is 5.18. The average Bonchev–Trinajstić information content (AvgIpc) is 2.89. The van der Waals surface area contributed by atoms with Gasteiger partial charge in [0.2, 0.25) is 5.91 Å². The Morgan fingerprint density at radius 3 is 2.35 bits per heavy atom. The second kappa shape index (κ2) is 6.89. The second-order valence-electron chi connectivity index (χ2n) is 6.32. The van der Waals surface area contributed by atoms with Crippen molar-refractivity contribution in [1.29, 1.82) is 0 Å². The largest absolute Gasteiger partial charge is 0.368 e. The summed E-state index contributed by atoms with van der Waals surface area (Å²) in [4.78, 5) is 11.7. The van der Waals surface area contributed by atoms with Crippen LogP contribution >= 0.6 is 0 Å². The number of nitrogens with two attached hydrogens (primary N) is 1. The number of nitrogens with one attached hydrogen (secondary N) is 1. The van der Waals surface area contributed by atoms with Gasteiger partial charge in [0, 0.05) is 6.04 Å². The molecule has 0 bridgehead atoms. The molecule has 0 aliphatic heterocycles. The molecule has 1 aromatic rings. The normalized spacial score (nSPS) is 17.6. The highest BCUT2D eigenvalue weighted by molar-refractivity contribution is 5.81. The maximum Gasteiger partial charge on any atom is 0.239 e. The van der Waals surface area contributed by atoms with Gasteiger partial charge in [-0.15, -0.1) is 0 Å². The molecule has 20 heavy (non-hydrogen) atoms. The van der Waals surface area contributed by atoms with Gasteiger partial charge in [-0.05, 0) is 36.3 Å². The molecule has 1 atom stereocenters. The van der Waals surface area contributed by atoms with Gasteiger partial charge in [-0.2, -0.15) is 0 Å². The summed E-state index contributed by atoms with van der Waals surface area (Å²) in [6, 6.07) is 8.38. The van der Waals surface area contributed by atoms with E-state index in [1.165, 1.54) is 18.4 Å². The number of carbonyl (C=O) groups is 1. The molecule has 0 heterocycles. The molecule has 3 nitrogen and oxygen atoms in total. The van der Waals surface area contributed by atoms with E-state index in [4.69, 9.17) is 5.73 Å². The van der Waals surface area contributed by atoms with Crippen LogP contribution in [-0.4, -0.2) is 11.9 Å². The van der Waals surface area contributed by atoms with Gasteiger partial charge in [0.1, 0.15) is 6.04 Å². The third-order valence-electron chi connectivity index (χ3n) is 4.00. The fourth-order valence-corrected chi connectivity index (χ4v) is 2.99. The van der Waals surface area contributed by atoms with Crippen molar-refractivity contribution < 1.29 is 4.79 Å². The van der Waals surface area contributed by atoms with Gasteiger partial charge in [0.15, 0.2) is 0 Å². The van der Waals surface area contributed by atoms with Crippen LogP contribution in [0.1, 0.15) is 56.7 Å². The molecular weight excluding hydrogens is 248 g/mol. The number of benzene rings is 1. The third kappa shape index (κ3) is 4.07. The van der Waals surface area contributed by atoms with Crippen molar-refractivity contribution in [3.8, 4) is 0 Å². The summed E-state index contributed by atoms with van der Waals surface area (Å²) < 4.78 is 0. The molecule has 1 unspecified atom stereocenters. The molecule has 0 aromatic heterocycles. The first-order valence-corrected chi connectivity index (χ1v) is 7.70. The molecule has 3 heteroatoms. The van der Waals surface area contributed by atoms with Gasteiger partial charge >= 0.3 is 0 Å². The van der Waals surface area contributed by atoms with E-state index in [0.29, 0.717) is 12.0 Å². The minimum Gasteiger partial charge on any atom is -0.368 e. The zero-order chi connectivity index (χ0) is 14.5. The van der Waals surface area contributed by atoms with E-state index in [1.807, 2.05) is 12.1 Å². The first-order chi connectivity index (χ1) is 9.56. The van der Waals surface area contributed by atoms with E-state index >= 15 is 0 Å². The third-order valence-corrected chi connectivity index (χ3v) is 4.00. The van der Waals surface area contributed by atoms with Gasteiger partial charge in [-0.25, -0.2) is 0 Å². The fourth-order valence-electron chi connectivity index (χ4n) is 2.99. The molecule has 1 amide bonds. The summed E-state index contributed by atoms with van der Waals surface area (Å²) in [6.45, 7) is 4.42. The number of hydrogen-bond acceptors (Lipinski definition) is 2. The Balaban J connectivity index is 2.06. The van der Waals surface area contributed by atoms with E-state index in [1.54, 1.807) is 0 Å². The summed E-state index contributed by atoms with van der Waals surface area (Å²) in [6.07, 6.45) is 5.86. The fraction of sp³-hybridized carbons (Fsp3) is 0.588. The number of carbonyl (C=O) groups excluding carboxylic acids is 1. The van der Waals surface area contributed by atoms with Crippen molar-refractivity contribution in [2.24, 2.45) is 11.7 Å². The lowest BCUT2D eigenvalue weighted by molar-refractivity contribution is -0.120. The smallest absolute Gasteiger partial charge is 0.239 e. The predicted molar refractivity (Wildman–Crippen MR) is 82.3 cm³/mol. The summed E-state index contributed by atoms with van der Waals surface area (Å²) >= 11 is 0. The minimum absolute atomic E-state index is 0.284. The molecule has 1 aliphatic carbocycles. The molecular formula is C17H26N2O. The van der Waals surface area contributed by atoms with Gasteiger partial charge in [0.25, 0.3) is 0 Å². The molecule has 0 radical (unpaired) electrons. The van der Waals surface area contributed by atoms with Crippen LogP contribution in [-0.2, 0) is 11.2 Å². The molecule has 0 saturated heterocycles. The van der Waals surface area contributed by atoms with Crippen LogP contribution in [0, 0.1) is 5.92 Å². The molecule has 1 aromatic carbocycles. The molecule has 0 spiro atoms. The van der Waals surface area contributed by atoms with Crippen LogP contribution in [0.15, 0.2) is 24.3 Å². The topological polar surface area (TPSA) is 55.1 Å². The Labute approximate surface area is 121 Å². The standard InChI is InChI=1S/C17H26N2O/c1-12(2)11-13-7-9-14(10-8-13)16(17(18)20)19-15-5-3-4-6-15/h7-10,12,15-16,19H,3-6,11H2,1-2H3,(H2,18,20). The van der Waals surface area contributed by atoms with Crippen molar-refractivity contribution in [2.45, 2.75) is 58.0 Å². The summed E-state index contributed by atoms with van der Waals surface area (Å²) in [5.74, 6) is 0.359. The van der Waals surface area contributed by atoms with Gasteiger partial charge in [0.05, 0.1) is 0 Å². The van der Waals surface area contributed by atoms with E-state index in [0.717, 1.165) is 24.8 Å². The van der Waals surface area contributed by atoms with Crippen molar-refractivity contribution >= 4 is 5.91 Å². The van der Waals surface area contributed by atoms with Gasteiger partial charge in [-0.3, -0.25) is 10.1 Å². The summed E-state index contributed by atoms with van der Waals surface area (Å²) in [5.41, 5.74) is 7.86. The molecule has 1 fully saturated rings. The van der Waals surface area contributed by atoms with E-state index in [2.05, 4.69) is 31.3 Å². The van der Waals surface area contributed by atoms with Crippen LogP contribution in [0.25, 0.3) is 0 Å². The first kappa shape index (κ1) is 15.0. The van der Waals surface area contributed by atoms with Crippen LogP contribution < -0.4 is 11.1 Å². The molecule has 1 aliphatic rings. The SMILES string of the molecule is CC(C)Cc1ccc(C(NC2CCCC2)C(N)=O)cc1. The number of amides is 1. The number of rotatable bonds is 6. The van der Waals surface area contributed by atoms with E-state index in [-0.39, 0.29) is 11.9 Å². The van der Waals surface area contributed by atoms with Gasteiger partial charge < -0.3 is 5.73 Å². The van der Waals surface area contributed by atoms with Crippen LogP contribution in [0.2, 0.25) is 0 Å². The number of primary amides is 1. The number of hydrogen-bond donors (Lipinski definition) is 2. The summed E-state index contributed by atoms with van der Waals surface area (Å²) in [5, 5.41) is 3.42. The summed E-state index contributed by atoms with van der Waals surface area (Å²) in [7, 11) is 0. The Bertz CT molecular complexity index is 433. The Morgan fingerprint density at radius 2 is 1.85 bits per heavy atom. The highest BCUT2D eigenvalue weighted by Crippen LogP contribution is 2.22. The van der Waals surface area contributed by atoms with Gasteiger partial charge in [-0.1, -0.05) is 51.0 Å². The van der Waals surface area contributed by atoms with Crippen molar-refractivity contribution in [3.05, 3.63) is 35.4 Å². The Hall–Kier alpha value is -1.35. The van der Waals surface area contributed by atoms with Crippen molar-refractivity contribution in [3.63, 3.8) is 0 Å². The van der Waals surface area contributed by atoms with E-state index < -0.39 is 0 Å². The zero-order valence-electron chi connectivity index (χ0n) is 12.6. The second-order valence-corrected chi connectivity index (χ2v) is 6.32. The predicted octanol–water partition coefficient (Wildman–Crippen LogP) is 2.94. The maximum absolute atomic E-state index is 11.7. The highest BCUT2D eigenvalue weighted by atomic mass is 16.1. The van der Waals surface area contributed by atoms with Crippen molar-refractivity contribution in [1.82, 2.24) is 5.32 Å². The van der Waals surface area contributed by atoms with E-state index in [9.17, 15) is 4.79 Å². The molecule has 3 N–H and O–H groups in total. The quantitative estimate of drug-likeness (QED) is 0.838. The van der Waals surface area contributed by atoms with Crippen LogP contribution in [0.3, 0.4) is 0 Å². The highest BCUT2D eigenvalue weighted by Gasteiger charge is 2.23. The molecule has 110 valence electrons. The zero-order valence-corrected chi connectivity index (χ0v) is 12.6. The van der Waals surface area contributed by atoms with Crippen molar-refractivity contribution in [2.75, 3.05) is 0 Å². The average molecular weight is 274 g/mol. The molecule has 2 rings (SSSR count). The van der Waals surface area contributed by atoms with Crippen LogP contribution in [0.5, 0.6) is 0 Å². The first-order valence-electron chi connectivity index (χ1n) is 7.70. The lowest BCUT2D eigenvalue weighted by Crippen LogP contribution is -2.38. The molecule has 1 saturated carbocycles. The maximum atomic E-state index is 11.7. The Morgan fingerprint density at radius 1 is 1.25 bits per heavy atom. The van der Waals surface area contributed by atoms with Crippen LogP contribution in [0.4, 0.5) is 0 Å². The lowest BCUT2D eigenvalue weighted by Gasteiger charge is -2.21. The minimum atomic E-state index is -0.355.